The van der Waals surface area contributed by atoms with E-state index in [0.29, 0.717) is 24.7 Å². The molecule has 2 atom stereocenters. The monoisotopic (exact) mass is 399 g/mol. The summed E-state index contributed by atoms with van der Waals surface area (Å²) in [4.78, 5) is 16.4. The van der Waals surface area contributed by atoms with Crippen LogP contribution in [0.3, 0.4) is 0 Å². The highest BCUT2D eigenvalue weighted by Gasteiger charge is 2.26. The van der Waals surface area contributed by atoms with Crippen LogP contribution in [0.2, 0.25) is 5.02 Å². The molecular weight excluding hydrogens is 376 g/mol. The SMILES string of the molecule is CC(N)C(C)C(=O)N1CCN(Cc2ccc(F)cc2Cl)CC1.Cl.Cl. The van der Waals surface area contributed by atoms with Gasteiger partial charge in [-0.3, -0.25) is 9.69 Å². The molecule has 4 nitrogen and oxygen atoms in total. The Bertz CT molecular complexity index is 537. The Balaban J connectivity index is 0.00000264. The van der Waals surface area contributed by atoms with E-state index < -0.39 is 0 Å². The average molecular weight is 401 g/mol. The molecule has 0 spiro atoms. The molecular formula is C16H25Cl3FN3O. The van der Waals surface area contributed by atoms with Crippen molar-refractivity contribution in [1.29, 1.82) is 0 Å². The molecule has 1 amide bonds. The van der Waals surface area contributed by atoms with Crippen molar-refractivity contribution < 1.29 is 9.18 Å². The van der Waals surface area contributed by atoms with Crippen LogP contribution in [-0.4, -0.2) is 47.9 Å². The van der Waals surface area contributed by atoms with Gasteiger partial charge in [0.15, 0.2) is 0 Å². The Morgan fingerprint density at radius 1 is 1.25 bits per heavy atom. The molecule has 0 radical (unpaired) electrons. The van der Waals surface area contributed by atoms with E-state index in [-0.39, 0.29) is 48.5 Å². The van der Waals surface area contributed by atoms with Gasteiger partial charge in [-0.05, 0) is 24.6 Å². The number of rotatable bonds is 4. The third-order valence-electron chi connectivity index (χ3n) is 4.27. The highest BCUT2D eigenvalue weighted by atomic mass is 35.5. The summed E-state index contributed by atoms with van der Waals surface area (Å²) < 4.78 is 13.1. The third kappa shape index (κ3) is 6.05. The summed E-state index contributed by atoms with van der Waals surface area (Å²) >= 11 is 6.06. The minimum Gasteiger partial charge on any atom is -0.340 e. The fraction of sp³-hybridized carbons (Fsp3) is 0.562. The van der Waals surface area contributed by atoms with Crippen LogP contribution in [-0.2, 0) is 11.3 Å². The number of halogens is 4. The van der Waals surface area contributed by atoms with Crippen LogP contribution in [0.15, 0.2) is 18.2 Å². The van der Waals surface area contributed by atoms with Gasteiger partial charge < -0.3 is 10.6 Å². The fourth-order valence-electron chi connectivity index (χ4n) is 2.53. The number of benzene rings is 1. The van der Waals surface area contributed by atoms with E-state index in [4.69, 9.17) is 17.3 Å². The van der Waals surface area contributed by atoms with Gasteiger partial charge in [0.05, 0.1) is 5.92 Å². The standard InChI is InChI=1S/C16H23ClFN3O.2ClH/c1-11(12(2)19)16(22)21-7-5-20(6-8-21)10-13-3-4-14(18)9-15(13)17;;/h3-4,9,11-12H,5-8,10,19H2,1-2H3;2*1H. The number of hydrogen-bond donors (Lipinski definition) is 1. The van der Waals surface area contributed by atoms with Crippen molar-refractivity contribution in [3.05, 3.63) is 34.6 Å². The maximum absolute atomic E-state index is 13.1. The zero-order valence-corrected chi connectivity index (χ0v) is 16.3. The van der Waals surface area contributed by atoms with Gasteiger partial charge in [0.25, 0.3) is 0 Å². The molecule has 138 valence electrons. The van der Waals surface area contributed by atoms with E-state index in [2.05, 4.69) is 4.90 Å². The van der Waals surface area contributed by atoms with Crippen molar-refractivity contribution in [1.82, 2.24) is 9.80 Å². The summed E-state index contributed by atoms with van der Waals surface area (Å²) in [5, 5.41) is 0.448. The molecule has 2 unspecified atom stereocenters. The third-order valence-corrected chi connectivity index (χ3v) is 4.62. The molecule has 0 saturated carbocycles. The van der Waals surface area contributed by atoms with Crippen LogP contribution in [0.1, 0.15) is 19.4 Å². The molecule has 8 heteroatoms. The van der Waals surface area contributed by atoms with Gasteiger partial charge in [-0.2, -0.15) is 0 Å². The first kappa shape index (κ1) is 23.4. The Hall–Kier alpha value is -0.590. The Morgan fingerprint density at radius 2 is 1.83 bits per heavy atom. The highest BCUT2D eigenvalue weighted by Crippen LogP contribution is 2.20. The summed E-state index contributed by atoms with van der Waals surface area (Å²) in [7, 11) is 0. The second-order valence-electron chi connectivity index (χ2n) is 5.98. The fourth-order valence-corrected chi connectivity index (χ4v) is 2.76. The topological polar surface area (TPSA) is 49.6 Å². The highest BCUT2D eigenvalue weighted by molar-refractivity contribution is 6.31. The molecule has 1 aliphatic rings. The minimum atomic E-state index is -0.325. The average Bonchev–Trinajstić information content (AvgIpc) is 2.49. The van der Waals surface area contributed by atoms with Crippen molar-refractivity contribution in [3.8, 4) is 0 Å². The molecule has 0 aromatic heterocycles. The second-order valence-corrected chi connectivity index (χ2v) is 6.39. The van der Waals surface area contributed by atoms with E-state index in [1.807, 2.05) is 18.7 Å². The molecule has 2 N–H and O–H groups in total. The largest absolute Gasteiger partial charge is 0.340 e. The number of nitrogens with zero attached hydrogens (tertiary/aromatic N) is 2. The zero-order chi connectivity index (χ0) is 16.3. The predicted molar refractivity (Wildman–Crippen MR) is 101 cm³/mol. The van der Waals surface area contributed by atoms with Gasteiger partial charge >= 0.3 is 0 Å². The van der Waals surface area contributed by atoms with E-state index in [0.717, 1.165) is 18.7 Å². The number of carbonyl (C=O) groups is 1. The van der Waals surface area contributed by atoms with Crippen LogP contribution >= 0.6 is 36.4 Å². The molecule has 0 bridgehead atoms. The van der Waals surface area contributed by atoms with Crippen LogP contribution < -0.4 is 5.73 Å². The van der Waals surface area contributed by atoms with Crippen molar-refractivity contribution >= 4 is 42.3 Å². The second kappa shape index (κ2) is 10.4. The van der Waals surface area contributed by atoms with Gasteiger partial charge in [-0.1, -0.05) is 24.6 Å². The van der Waals surface area contributed by atoms with Gasteiger partial charge in [-0.25, -0.2) is 4.39 Å². The Labute approximate surface area is 160 Å². The van der Waals surface area contributed by atoms with Gasteiger partial charge in [0.2, 0.25) is 5.91 Å². The molecule has 24 heavy (non-hydrogen) atoms. The van der Waals surface area contributed by atoms with Gasteiger partial charge in [0, 0.05) is 43.8 Å². The number of hydrogen-bond acceptors (Lipinski definition) is 3. The minimum absolute atomic E-state index is 0. The maximum atomic E-state index is 13.1. The number of carbonyl (C=O) groups excluding carboxylic acids is 1. The lowest BCUT2D eigenvalue weighted by Gasteiger charge is -2.36. The van der Waals surface area contributed by atoms with Crippen molar-refractivity contribution in [2.45, 2.75) is 26.4 Å². The maximum Gasteiger partial charge on any atom is 0.227 e. The van der Waals surface area contributed by atoms with Crippen LogP contribution in [0, 0.1) is 11.7 Å². The number of piperazine rings is 1. The smallest absolute Gasteiger partial charge is 0.227 e. The van der Waals surface area contributed by atoms with E-state index >= 15 is 0 Å². The summed E-state index contributed by atoms with van der Waals surface area (Å²) in [6.07, 6.45) is 0. The van der Waals surface area contributed by atoms with Crippen molar-refractivity contribution in [2.75, 3.05) is 26.2 Å². The molecule has 0 aliphatic carbocycles. The molecule has 1 aromatic carbocycles. The van der Waals surface area contributed by atoms with Gasteiger partial charge in [0.1, 0.15) is 5.82 Å². The first-order valence-electron chi connectivity index (χ1n) is 7.59. The predicted octanol–water partition coefficient (Wildman–Crippen LogP) is 2.95. The van der Waals surface area contributed by atoms with Crippen LogP contribution in [0.4, 0.5) is 4.39 Å². The van der Waals surface area contributed by atoms with Crippen molar-refractivity contribution in [3.63, 3.8) is 0 Å². The zero-order valence-electron chi connectivity index (χ0n) is 13.9. The Morgan fingerprint density at radius 3 is 2.33 bits per heavy atom. The van der Waals surface area contributed by atoms with Crippen LogP contribution in [0.25, 0.3) is 0 Å². The van der Waals surface area contributed by atoms with Gasteiger partial charge in [-0.15, -0.1) is 24.8 Å². The number of nitrogens with two attached hydrogens (primary N) is 1. The number of amides is 1. The van der Waals surface area contributed by atoms with E-state index in [9.17, 15) is 9.18 Å². The summed E-state index contributed by atoms with van der Waals surface area (Å²) in [6, 6.07) is 4.34. The summed E-state index contributed by atoms with van der Waals surface area (Å²) in [6.45, 7) is 7.34. The lowest BCUT2D eigenvalue weighted by molar-refractivity contribution is -0.137. The molecule has 1 heterocycles. The first-order chi connectivity index (χ1) is 10.4. The van der Waals surface area contributed by atoms with E-state index in [1.165, 1.54) is 12.1 Å². The van der Waals surface area contributed by atoms with Crippen LogP contribution in [0.5, 0.6) is 0 Å². The Kier molecular flexibility index (Phi) is 10.2. The molecule has 1 saturated heterocycles. The summed E-state index contributed by atoms with van der Waals surface area (Å²) in [5.41, 5.74) is 6.71. The lowest BCUT2D eigenvalue weighted by Crippen LogP contribution is -2.51. The lowest BCUT2D eigenvalue weighted by atomic mass is 10.0. The summed E-state index contributed by atoms with van der Waals surface area (Å²) in [5.74, 6) is -0.360. The first-order valence-corrected chi connectivity index (χ1v) is 7.97. The quantitative estimate of drug-likeness (QED) is 0.845. The molecule has 1 fully saturated rings. The normalized spacial score (nSPS) is 17.5. The molecule has 1 aliphatic heterocycles. The van der Waals surface area contributed by atoms with Crippen molar-refractivity contribution in [2.24, 2.45) is 11.7 Å². The van der Waals surface area contributed by atoms with E-state index in [1.54, 1.807) is 6.07 Å². The molecule has 1 aromatic rings. The molecule has 2 rings (SSSR count).